The highest BCUT2D eigenvalue weighted by Crippen LogP contribution is 2.45. The molecule has 0 heterocycles. The molecule has 20 heavy (non-hydrogen) atoms. The normalized spacial score (nSPS) is 24.8. The van der Waals surface area contributed by atoms with Gasteiger partial charge in [-0.25, -0.2) is 0 Å². The van der Waals surface area contributed by atoms with Gasteiger partial charge in [0.15, 0.2) is 0 Å². The third-order valence-corrected chi connectivity index (χ3v) is 5.60. The fourth-order valence-electron chi connectivity index (χ4n) is 3.00. The molecule has 2 unspecified atom stereocenters. The zero-order valence-electron chi connectivity index (χ0n) is 13.1. The third kappa shape index (κ3) is 3.70. The molecule has 1 saturated carbocycles. The van der Waals surface area contributed by atoms with E-state index in [1.165, 1.54) is 24.2 Å². The van der Waals surface area contributed by atoms with Gasteiger partial charge < -0.3 is 10.1 Å². The van der Waals surface area contributed by atoms with Crippen LogP contribution in [0.25, 0.3) is 0 Å². The predicted molar refractivity (Wildman–Crippen MR) is 87.7 cm³/mol. The lowest BCUT2D eigenvalue weighted by Gasteiger charge is -2.31. The molecule has 1 aliphatic rings. The fourth-order valence-corrected chi connectivity index (χ4v) is 4.48. The summed E-state index contributed by atoms with van der Waals surface area (Å²) >= 11 is 2.01. The molecule has 1 fully saturated rings. The first-order valence-electron chi connectivity index (χ1n) is 7.61. The van der Waals surface area contributed by atoms with Crippen LogP contribution >= 0.6 is 11.8 Å². The van der Waals surface area contributed by atoms with Crippen LogP contribution in [0.15, 0.2) is 29.2 Å². The van der Waals surface area contributed by atoms with E-state index in [-0.39, 0.29) is 0 Å². The van der Waals surface area contributed by atoms with Crippen molar-refractivity contribution in [3.8, 4) is 5.75 Å². The first-order valence-corrected chi connectivity index (χ1v) is 8.49. The Kier molecular flexibility index (Phi) is 5.39. The van der Waals surface area contributed by atoms with Crippen molar-refractivity contribution >= 4 is 11.8 Å². The Bertz CT molecular complexity index is 416. The van der Waals surface area contributed by atoms with Crippen molar-refractivity contribution in [1.29, 1.82) is 0 Å². The van der Waals surface area contributed by atoms with Crippen LogP contribution in [0.2, 0.25) is 0 Å². The highest BCUT2D eigenvalue weighted by atomic mass is 32.2. The molecule has 112 valence electrons. The molecule has 0 saturated heterocycles. The Balaban J connectivity index is 2.02. The van der Waals surface area contributed by atoms with E-state index in [1.807, 2.05) is 11.8 Å². The summed E-state index contributed by atoms with van der Waals surface area (Å²) in [6.45, 7) is 8.15. The van der Waals surface area contributed by atoms with Crippen molar-refractivity contribution < 1.29 is 4.74 Å². The Hall–Kier alpha value is -0.670. The van der Waals surface area contributed by atoms with E-state index in [2.05, 4.69) is 50.4 Å². The van der Waals surface area contributed by atoms with E-state index >= 15 is 0 Å². The lowest BCUT2D eigenvalue weighted by Crippen LogP contribution is -2.43. The van der Waals surface area contributed by atoms with Crippen LogP contribution in [0.3, 0.4) is 0 Å². The number of rotatable bonds is 6. The number of ether oxygens (including phenoxy) is 1. The third-order valence-electron chi connectivity index (χ3n) is 4.25. The summed E-state index contributed by atoms with van der Waals surface area (Å²) in [4.78, 5) is 1.34. The summed E-state index contributed by atoms with van der Waals surface area (Å²) < 4.78 is 5.22. The molecule has 2 atom stereocenters. The van der Waals surface area contributed by atoms with Gasteiger partial charge in [-0.05, 0) is 55.5 Å². The van der Waals surface area contributed by atoms with Crippen molar-refractivity contribution in [2.75, 3.05) is 13.7 Å². The van der Waals surface area contributed by atoms with Crippen molar-refractivity contribution in [1.82, 2.24) is 5.32 Å². The maximum absolute atomic E-state index is 5.22. The molecular weight excluding hydrogens is 266 g/mol. The summed E-state index contributed by atoms with van der Waals surface area (Å²) in [6, 6.07) is 9.06. The van der Waals surface area contributed by atoms with Gasteiger partial charge in [-0.3, -0.25) is 0 Å². The second-order valence-corrected chi connectivity index (χ2v) is 7.60. The zero-order valence-corrected chi connectivity index (χ0v) is 13.9. The molecular formula is C17H27NOS. The minimum Gasteiger partial charge on any atom is -0.497 e. The second kappa shape index (κ2) is 6.86. The predicted octanol–water partition coefficient (Wildman–Crippen LogP) is 4.34. The number of methoxy groups -OCH3 is 1. The maximum Gasteiger partial charge on any atom is 0.118 e. The molecule has 1 aromatic rings. The highest BCUT2D eigenvalue weighted by Gasteiger charge is 2.41. The van der Waals surface area contributed by atoms with Crippen LogP contribution in [0.4, 0.5) is 0 Å². The van der Waals surface area contributed by atoms with Gasteiger partial charge >= 0.3 is 0 Å². The maximum atomic E-state index is 5.22. The summed E-state index contributed by atoms with van der Waals surface area (Å²) in [5, 5.41) is 4.44. The van der Waals surface area contributed by atoms with E-state index in [1.54, 1.807) is 7.11 Å². The lowest BCUT2D eigenvalue weighted by atomic mass is 9.87. The number of benzene rings is 1. The van der Waals surface area contributed by atoms with E-state index in [4.69, 9.17) is 4.74 Å². The average molecular weight is 293 g/mol. The van der Waals surface area contributed by atoms with Crippen molar-refractivity contribution in [3.63, 3.8) is 0 Å². The zero-order chi connectivity index (χ0) is 14.6. The SMILES string of the molecule is CCCNC1C(Sc2ccc(OC)cc2)CCC1(C)C. The molecule has 0 aromatic heterocycles. The number of thioether (sulfide) groups is 1. The van der Waals surface area contributed by atoms with Crippen LogP contribution in [-0.2, 0) is 0 Å². The Morgan fingerprint density at radius 3 is 2.60 bits per heavy atom. The van der Waals surface area contributed by atoms with E-state index in [9.17, 15) is 0 Å². The van der Waals surface area contributed by atoms with Gasteiger partial charge in [0, 0.05) is 16.2 Å². The molecule has 0 bridgehead atoms. The molecule has 0 aliphatic heterocycles. The number of nitrogens with one attached hydrogen (secondary N) is 1. The first kappa shape index (κ1) is 15.7. The quantitative estimate of drug-likeness (QED) is 0.843. The Morgan fingerprint density at radius 2 is 2.00 bits per heavy atom. The van der Waals surface area contributed by atoms with E-state index in [0.717, 1.165) is 12.3 Å². The van der Waals surface area contributed by atoms with Gasteiger partial charge in [-0.15, -0.1) is 11.8 Å². The number of hydrogen-bond donors (Lipinski definition) is 1. The fraction of sp³-hybridized carbons (Fsp3) is 0.647. The largest absolute Gasteiger partial charge is 0.497 e. The van der Waals surface area contributed by atoms with Crippen LogP contribution < -0.4 is 10.1 Å². The first-order chi connectivity index (χ1) is 9.56. The van der Waals surface area contributed by atoms with Crippen molar-refractivity contribution in [2.24, 2.45) is 5.41 Å². The van der Waals surface area contributed by atoms with E-state index in [0.29, 0.717) is 16.7 Å². The summed E-state index contributed by atoms with van der Waals surface area (Å²) in [5.74, 6) is 0.932. The molecule has 0 amide bonds. The minimum absolute atomic E-state index is 0.402. The topological polar surface area (TPSA) is 21.3 Å². The average Bonchev–Trinajstić information content (AvgIpc) is 2.72. The molecule has 3 heteroatoms. The van der Waals surface area contributed by atoms with Crippen molar-refractivity contribution in [3.05, 3.63) is 24.3 Å². The van der Waals surface area contributed by atoms with Gasteiger partial charge in [0.05, 0.1) is 7.11 Å². The van der Waals surface area contributed by atoms with Crippen LogP contribution in [0.5, 0.6) is 5.75 Å². The standard InChI is InChI=1S/C17H27NOS/c1-5-12-18-16-15(10-11-17(16,2)3)20-14-8-6-13(19-4)7-9-14/h6-9,15-16,18H,5,10-12H2,1-4H3. The van der Waals surface area contributed by atoms with Crippen molar-refractivity contribution in [2.45, 2.75) is 56.2 Å². The molecule has 0 spiro atoms. The van der Waals surface area contributed by atoms with Gasteiger partial charge in [0.1, 0.15) is 5.75 Å². The van der Waals surface area contributed by atoms with Gasteiger partial charge in [0.25, 0.3) is 0 Å². The van der Waals surface area contributed by atoms with Gasteiger partial charge in [-0.1, -0.05) is 20.8 Å². The minimum atomic E-state index is 0.402. The smallest absolute Gasteiger partial charge is 0.118 e. The van der Waals surface area contributed by atoms with Gasteiger partial charge in [0.2, 0.25) is 0 Å². The second-order valence-electron chi connectivity index (χ2n) is 6.29. The van der Waals surface area contributed by atoms with E-state index < -0.39 is 0 Å². The molecule has 0 radical (unpaired) electrons. The highest BCUT2D eigenvalue weighted by molar-refractivity contribution is 8.00. The summed E-state index contributed by atoms with van der Waals surface area (Å²) in [7, 11) is 1.71. The molecule has 1 aliphatic carbocycles. The Labute approximate surface area is 127 Å². The molecule has 2 nitrogen and oxygen atoms in total. The summed E-state index contributed by atoms with van der Waals surface area (Å²) in [5.41, 5.74) is 0.402. The number of hydrogen-bond acceptors (Lipinski definition) is 3. The molecule has 1 aromatic carbocycles. The Morgan fingerprint density at radius 1 is 1.30 bits per heavy atom. The lowest BCUT2D eigenvalue weighted by molar-refractivity contribution is 0.287. The molecule has 1 N–H and O–H groups in total. The summed E-state index contributed by atoms with van der Waals surface area (Å²) in [6.07, 6.45) is 3.81. The van der Waals surface area contributed by atoms with Crippen LogP contribution in [0, 0.1) is 5.41 Å². The monoisotopic (exact) mass is 293 g/mol. The molecule has 2 rings (SSSR count). The van der Waals surface area contributed by atoms with Gasteiger partial charge in [-0.2, -0.15) is 0 Å². The van der Waals surface area contributed by atoms with Crippen LogP contribution in [-0.4, -0.2) is 24.9 Å². The van der Waals surface area contributed by atoms with Crippen LogP contribution in [0.1, 0.15) is 40.0 Å².